The van der Waals surface area contributed by atoms with E-state index in [2.05, 4.69) is 107 Å². The summed E-state index contributed by atoms with van der Waals surface area (Å²) in [5, 5.41) is 90.7. The number of nitrogens with zero attached hydrogens (tertiary/aromatic N) is 20. The van der Waals surface area contributed by atoms with Gasteiger partial charge in [0, 0.05) is 144 Å². The number of aliphatic hydroxyl groups is 1. The van der Waals surface area contributed by atoms with Crippen molar-refractivity contribution in [3.05, 3.63) is 216 Å². The molecule has 11 N–H and O–H groups in total. The summed E-state index contributed by atoms with van der Waals surface area (Å²) in [5.41, 5.74) is 11.1. The molecule has 0 unspecified atom stereocenters. The molecule has 46 heteroatoms. The van der Waals surface area contributed by atoms with Gasteiger partial charge in [-0.1, -0.05) is 18.2 Å². The zero-order valence-corrected chi connectivity index (χ0v) is 75.1. The zero-order chi connectivity index (χ0) is 92.9. The third-order valence-corrected chi connectivity index (χ3v) is 25.8. The zero-order valence-electron chi connectivity index (χ0n) is 71.8. The molecular formula is C88H89FN28O13S4. The number of pyridine rings is 4. The second kappa shape index (κ2) is 44.1. The lowest BCUT2D eigenvalue weighted by atomic mass is 9.89. The first-order chi connectivity index (χ1) is 65.5. The quantitative estimate of drug-likeness (QED) is 0.0250. The van der Waals surface area contributed by atoms with E-state index in [1.165, 1.54) is 63.7 Å². The number of amides is 4. The minimum Gasteiger partial charge on any atom is -0.483 e. The maximum Gasteiger partial charge on any atom is 0.290 e. The number of aliphatic hydroxyl groups excluding tert-OH is 1. The number of aromatic nitrogens is 24. The highest BCUT2D eigenvalue weighted by Crippen LogP contribution is 2.44. The minimum absolute atomic E-state index is 0.0663. The fraction of sp³-hybridized carbons (Fsp3) is 0.295. The molecule has 4 aliphatic carbocycles. The van der Waals surface area contributed by atoms with Crippen molar-refractivity contribution < 1.29 is 67.4 Å². The molecule has 1 aliphatic heterocycles. The van der Waals surface area contributed by atoms with Crippen LogP contribution in [0.5, 0.6) is 0 Å². The second-order valence-electron chi connectivity index (χ2n) is 30.8. The molecule has 16 aromatic heterocycles. The fourth-order valence-corrected chi connectivity index (χ4v) is 18.5. The number of aromatic amines is 4. The lowest BCUT2D eigenvalue weighted by molar-refractivity contribution is -0.181. The van der Waals surface area contributed by atoms with E-state index in [4.69, 9.17) is 54.0 Å². The highest BCUT2D eigenvalue weighted by Gasteiger charge is 2.42. The van der Waals surface area contributed by atoms with Gasteiger partial charge >= 0.3 is 0 Å². The molecule has 134 heavy (non-hydrogen) atoms. The van der Waals surface area contributed by atoms with E-state index in [1.807, 2.05) is 101 Å². The van der Waals surface area contributed by atoms with E-state index >= 15 is 0 Å². The van der Waals surface area contributed by atoms with Crippen molar-refractivity contribution in [1.82, 2.24) is 120 Å². The minimum atomic E-state index is -0.514. The van der Waals surface area contributed by atoms with Crippen LogP contribution in [0.25, 0.3) is 87.8 Å². The predicted molar refractivity (Wildman–Crippen MR) is 493 cm³/mol. The van der Waals surface area contributed by atoms with E-state index < -0.39 is 17.5 Å². The Morgan fingerprint density at radius 3 is 1.08 bits per heavy atom. The Morgan fingerprint density at radius 2 is 0.769 bits per heavy atom. The SMILES string of the molecule is CCOC1CC(n2cc(NC(=O)c3csc(-c4cn[nH]c4)n3)c(-c3ccccn3)n2)C1.CCOC1CC(n2cc(NC(=O)c3csc(-c4cn[nH]c4)n3)c(-c3ccccn3)n2)C1.O=C(Nc1cn(C2CCC(O)CC2)nc1-c1ccccn1)c1csc(-c2cn[nH]c2)n1.O=C(Nc1cn(C2CCC3(CC2)OCCO3)nc1-c1ncccc1F)c1csc(-c2cn[nH]c2)n1.O=CO.O=CO. The van der Waals surface area contributed by atoms with Crippen LogP contribution in [0.1, 0.15) is 157 Å². The maximum atomic E-state index is 14.7. The normalized spacial score (nSPS) is 17.5. The summed E-state index contributed by atoms with van der Waals surface area (Å²) in [6, 6.07) is 20.5. The van der Waals surface area contributed by atoms with Crippen LogP contribution in [0.4, 0.5) is 27.1 Å². The molecule has 0 radical (unpaired) electrons. The Labute approximate surface area is 777 Å². The van der Waals surface area contributed by atoms with Crippen molar-refractivity contribution in [2.24, 2.45) is 0 Å². The van der Waals surface area contributed by atoms with E-state index in [0.29, 0.717) is 105 Å². The average Bonchev–Trinajstić information content (AvgIpc) is 1.66. The van der Waals surface area contributed by atoms with Gasteiger partial charge in [-0.05, 0) is 127 Å². The van der Waals surface area contributed by atoms with Gasteiger partial charge in [0.2, 0.25) is 0 Å². The molecule has 16 aromatic rings. The number of carbonyl (C=O) groups excluding carboxylic acids is 4. The third kappa shape index (κ3) is 22.6. The van der Waals surface area contributed by atoms with Gasteiger partial charge in [0.1, 0.15) is 71.3 Å². The Morgan fingerprint density at radius 1 is 0.448 bits per heavy atom. The molecule has 690 valence electrons. The number of hydrogen-bond donors (Lipinski definition) is 11. The third-order valence-electron chi connectivity index (χ3n) is 22.2. The molecule has 5 aliphatic rings. The molecule has 1 spiro atoms. The molecule has 1 saturated heterocycles. The maximum absolute atomic E-state index is 14.7. The van der Waals surface area contributed by atoms with E-state index in [-0.39, 0.29) is 90.2 Å². The van der Waals surface area contributed by atoms with Crippen LogP contribution >= 0.6 is 45.3 Å². The van der Waals surface area contributed by atoms with Crippen molar-refractivity contribution in [1.29, 1.82) is 0 Å². The van der Waals surface area contributed by atoms with Crippen molar-refractivity contribution >= 4 is 105 Å². The average molecular weight is 1890 g/mol. The van der Waals surface area contributed by atoms with Crippen LogP contribution < -0.4 is 21.3 Å². The van der Waals surface area contributed by atoms with Gasteiger partial charge < -0.3 is 55.5 Å². The first-order valence-corrected chi connectivity index (χ1v) is 46.1. The van der Waals surface area contributed by atoms with Crippen LogP contribution in [0.2, 0.25) is 0 Å². The highest BCUT2D eigenvalue weighted by atomic mass is 32.1. The largest absolute Gasteiger partial charge is 0.483 e. The van der Waals surface area contributed by atoms with Crippen LogP contribution in [0.3, 0.4) is 0 Å². The number of hydrogen-bond acceptors (Lipinski definition) is 31. The second-order valence-corrected chi connectivity index (χ2v) is 34.2. The summed E-state index contributed by atoms with van der Waals surface area (Å²) in [7, 11) is 0. The molecule has 5 fully saturated rings. The van der Waals surface area contributed by atoms with Gasteiger partial charge in [-0.2, -0.15) is 40.8 Å². The fourth-order valence-electron chi connectivity index (χ4n) is 15.4. The van der Waals surface area contributed by atoms with E-state index in [1.54, 1.807) is 101 Å². The van der Waals surface area contributed by atoms with Crippen molar-refractivity contribution in [2.75, 3.05) is 47.7 Å². The summed E-state index contributed by atoms with van der Waals surface area (Å²) >= 11 is 5.51. The summed E-state index contributed by atoms with van der Waals surface area (Å²) in [6.07, 6.45) is 37.8. The van der Waals surface area contributed by atoms with Crippen LogP contribution in [0.15, 0.2) is 187 Å². The lowest BCUT2D eigenvalue weighted by Gasteiger charge is -2.35. The summed E-state index contributed by atoms with van der Waals surface area (Å²) in [4.78, 5) is 104. The first kappa shape index (κ1) is 92.6. The van der Waals surface area contributed by atoms with Crippen LogP contribution in [0, 0.1) is 5.82 Å². The number of anilines is 4. The number of carboxylic acid groups (broad SMARTS) is 2. The molecule has 4 amide bonds. The standard InChI is InChI=1S/C23H22FN7O3S.3C21H21N7O2S.2CH2O2/c24-16-2-1-7-25-19(16)20-17(28-21(32)18-13-35-22(29-18)14-10-26-27-11-14)12-31(30-20)15-3-5-23(6-4-15)33-8-9-34-23;2*1-2-30-15-7-14(8-15)28-11-17(19(27-28)16-5-3-4-6-22-16)25-20(29)18-12-31-21(26-18)13-9-23-24-10-13;29-15-6-4-14(5-7-15)28-11-17(19(27-28)16-3-1-2-8-22-16)25-20(30)18-12-31-21(26-18)13-9-23-24-10-13;2*2-1-3/h1-2,7,10-13,15H,3-6,8-9H2,(H,26,27)(H,28,32);2*3-6,9-12,14-15H,2,7-8H2,1H3,(H,23,24)(H,25,29);1-3,8-12,14-15,29H,4-7H2,(H,23,24)(H,25,30);2*1H,(H,2,3). The molecule has 41 nitrogen and oxygen atoms in total. The van der Waals surface area contributed by atoms with Gasteiger partial charge in [0.25, 0.3) is 36.6 Å². The van der Waals surface area contributed by atoms with Crippen LogP contribution in [-0.2, 0) is 28.5 Å². The number of H-pyrrole nitrogens is 4. The molecule has 4 saturated carbocycles. The van der Waals surface area contributed by atoms with E-state index in [0.717, 1.165) is 114 Å². The van der Waals surface area contributed by atoms with Gasteiger partial charge in [0.05, 0.1) is 120 Å². The van der Waals surface area contributed by atoms with Crippen LogP contribution in [-0.4, -0.2) is 222 Å². The molecule has 0 atom stereocenters. The molecule has 0 aromatic carbocycles. The Bertz CT molecular complexity index is 6300. The lowest BCUT2D eigenvalue weighted by Crippen LogP contribution is -2.35. The monoisotopic (exact) mass is 1890 g/mol. The first-order valence-electron chi connectivity index (χ1n) is 42.6. The summed E-state index contributed by atoms with van der Waals surface area (Å²) in [6.45, 7) is 6.17. The number of ether oxygens (including phenoxy) is 4. The topological polar surface area (TPSA) is 537 Å². The molecule has 17 heterocycles. The number of rotatable bonds is 24. The van der Waals surface area contributed by atoms with E-state index in [9.17, 15) is 28.7 Å². The van der Waals surface area contributed by atoms with Gasteiger partial charge in [0.15, 0.2) is 11.6 Å². The smallest absolute Gasteiger partial charge is 0.290 e. The number of halogens is 1. The Hall–Kier alpha value is -14.7. The Kier molecular flexibility index (Phi) is 30.4. The van der Waals surface area contributed by atoms with Gasteiger partial charge in [-0.3, -0.25) is 87.8 Å². The highest BCUT2D eigenvalue weighted by molar-refractivity contribution is 7.14. The predicted octanol–water partition coefficient (Wildman–Crippen LogP) is 14.5. The van der Waals surface area contributed by atoms with Crippen molar-refractivity contribution in [2.45, 2.75) is 139 Å². The number of carbonyl (C=O) groups is 6. The molecule has 21 rings (SSSR count). The van der Waals surface area contributed by atoms with Crippen molar-refractivity contribution in [3.63, 3.8) is 0 Å². The molecular weight excluding hydrogens is 1800 g/mol. The molecule has 0 bridgehead atoms. The van der Waals surface area contributed by atoms with Gasteiger partial charge in [-0.25, -0.2) is 24.3 Å². The van der Waals surface area contributed by atoms with Crippen molar-refractivity contribution in [3.8, 4) is 87.8 Å². The van der Waals surface area contributed by atoms with Gasteiger partial charge in [-0.15, -0.1) is 45.3 Å². The number of thiazole rings is 4. The summed E-state index contributed by atoms with van der Waals surface area (Å²) < 4.78 is 45.2. The summed E-state index contributed by atoms with van der Waals surface area (Å²) in [5.74, 6) is -2.30. The Balaban J connectivity index is 0.000000127. The number of nitrogens with one attached hydrogen (secondary N) is 8.